The number of anilines is 2. The zero-order valence-electron chi connectivity index (χ0n) is 14.0. The van der Waals surface area contributed by atoms with Crippen LogP contribution in [-0.2, 0) is 6.54 Å². The van der Waals surface area contributed by atoms with Gasteiger partial charge in [0.15, 0.2) is 0 Å². The van der Waals surface area contributed by atoms with Crippen LogP contribution in [0.15, 0.2) is 48.5 Å². The van der Waals surface area contributed by atoms with Crippen LogP contribution in [0.1, 0.15) is 41.6 Å². The van der Waals surface area contributed by atoms with Crippen molar-refractivity contribution in [3.8, 4) is 0 Å². The minimum atomic E-state index is -0.137. The second-order valence-electron chi connectivity index (χ2n) is 6.47. The summed E-state index contributed by atoms with van der Waals surface area (Å²) in [6.45, 7) is 3.37. The quantitative estimate of drug-likeness (QED) is 0.839. The van der Waals surface area contributed by atoms with E-state index in [1.165, 1.54) is 44.3 Å². The number of nitrogen functional groups attached to an aromatic ring is 1. The summed E-state index contributed by atoms with van der Waals surface area (Å²) in [6.07, 6.45) is 5.31. The number of benzene rings is 2. The van der Waals surface area contributed by atoms with Crippen LogP contribution in [0, 0.1) is 0 Å². The van der Waals surface area contributed by atoms with Crippen molar-refractivity contribution in [3.05, 3.63) is 59.7 Å². The minimum absolute atomic E-state index is 0.137. The summed E-state index contributed by atoms with van der Waals surface area (Å²) < 4.78 is 0. The van der Waals surface area contributed by atoms with E-state index in [1.54, 1.807) is 24.3 Å². The Hall–Kier alpha value is -2.33. The van der Waals surface area contributed by atoms with E-state index < -0.39 is 0 Å². The van der Waals surface area contributed by atoms with E-state index in [9.17, 15) is 4.79 Å². The highest BCUT2D eigenvalue weighted by Crippen LogP contribution is 2.16. The van der Waals surface area contributed by atoms with Crippen molar-refractivity contribution in [3.63, 3.8) is 0 Å². The molecule has 0 radical (unpaired) electrons. The maximum absolute atomic E-state index is 12.2. The van der Waals surface area contributed by atoms with E-state index in [2.05, 4.69) is 22.3 Å². The molecular weight excluding hydrogens is 298 g/mol. The lowest BCUT2D eigenvalue weighted by Crippen LogP contribution is -2.23. The van der Waals surface area contributed by atoms with Crippen molar-refractivity contribution >= 4 is 17.3 Å². The predicted octanol–water partition coefficient (Wildman–Crippen LogP) is 3.90. The summed E-state index contributed by atoms with van der Waals surface area (Å²) in [5.41, 5.74) is 8.99. The minimum Gasteiger partial charge on any atom is -0.399 e. The summed E-state index contributed by atoms with van der Waals surface area (Å²) >= 11 is 0. The highest BCUT2D eigenvalue weighted by atomic mass is 16.1. The normalized spacial score (nSPS) is 15.7. The molecule has 4 heteroatoms. The molecule has 1 aliphatic rings. The van der Waals surface area contributed by atoms with Crippen molar-refractivity contribution in [2.45, 2.75) is 32.2 Å². The summed E-state index contributed by atoms with van der Waals surface area (Å²) in [5.74, 6) is -0.137. The van der Waals surface area contributed by atoms with E-state index in [0.29, 0.717) is 11.3 Å². The van der Waals surface area contributed by atoms with Crippen molar-refractivity contribution in [1.82, 2.24) is 4.90 Å². The monoisotopic (exact) mass is 323 g/mol. The summed E-state index contributed by atoms with van der Waals surface area (Å²) in [6, 6.07) is 15.1. The largest absolute Gasteiger partial charge is 0.399 e. The molecule has 0 atom stereocenters. The third-order valence-corrected chi connectivity index (χ3v) is 4.47. The van der Waals surface area contributed by atoms with Gasteiger partial charge in [-0.1, -0.05) is 31.0 Å². The van der Waals surface area contributed by atoms with Crippen molar-refractivity contribution in [1.29, 1.82) is 0 Å². The first-order valence-corrected chi connectivity index (χ1v) is 8.69. The first-order valence-electron chi connectivity index (χ1n) is 8.69. The molecule has 2 aromatic rings. The SMILES string of the molecule is Nc1cccc(C(=O)Nc2ccc(CN3CCCCCC3)cc2)c1. The van der Waals surface area contributed by atoms with E-state index in [4.69, 9.17) is 5.73 Å². The average molecular weight is 323 g/mol. The number of nitrogens with two attached hydrogens (primary N) is 1. The fraction of sp³-hybridized carbons (Fsp3) is 0.350. The maximum atomic E-state index is 12.2. The highest BCUT2D eigenvalue weighted by molar-refractivity contribution is 6.04. The standard InChI is InChI=1S/C20H25N3O/c21-18-7-5-6-17(14-18)20(24)22-19-10-8-16(9-11-19)15-23-12-3-1-2-4-13-23/h5-11,14H,1-4,12-13,15,21H2,(H,22,24). The molecular formula is C20H25N3O. The average Bonchev–Trinajstić information content (AvgIpc) is 2.85. The number of carbonyl (C=O) groups is 1. The zero-order chi connectivity index (χ0) is 16.8. The van der Waals surface area contributed by atoms with Gasteiger partial charge in [0.25, 0.3) is 5.91 Å². The Kier molecular flexibility index (Phi) is 5.49. The van der Waals surface area contributed by atoms with Crippen LogP contribution in [0.5, 0.6) is 0 Å². The lowest BCUT2D eigenvalue weighted by atomic mass is 10.1. The van der Waals surface area contributed by atoms with Gasteiger partial charge in [0.2, 0.25) is 0 Å². The number of amides is 1. The Morgan fingerprint density at radius 3 is 2.38 bits per heavy atom. The lowest BCUT2D eigenvalue weighted by Gasteiger charge is -2.19. The Balaban J connectivity index is 1.58. The van der Waals surface area contributed by atoms with Crippen LogP contribution >= 0.6 is 0 Å². The molecule has 1 heterocycles. The fourth-order valence-corrected chi connectivity index (χ4v) is 3.13. The molecule has 1 fully saturated rings. The molecule has 0 bridgehead atoms. The van der Waals surface area contributed by atoms with Crippen LogP contribution in [0.3, 0.4) is 0 Å². The van der Waals surface area contributed by atoms with Gasteiger partial charge in [-0.05, 0) is 61.8 Å². The molecule has 0 aromatic heterocycles. The van der Waals surface area contributed by atoms with Crippen LogP contribution < -0.4 is 11.1 Å². The van der Waals surface area contributed by atoms with Gasteiger partial charge in [0.05, 0.1) is 0 Å². The summed E-state index contributed by atoms with van der Waals surface area (Å²) in [7, 11) is 0. The van der Waals surface area contributed by atoms with Gasteiger partial charge in [-0.3, -0.25) is 9.69 Å². The number of nitrogens with one attached hydrogen (secondary N) is 1. The molecule has 0 spiro atoms. The maximum Gasteiger partial charge on any atom is 0.255 e. The Morgan fingerprint density at radius 2 is 1.71 bits per heavy atom. The van der Waals surface area contributed by atoms with Crippen LogP contribution in [-0.4, -0.2) is 23.9 Å². The summed E-state index contributed by atoms with van der Waals surface area (Å²) in [5, 5.41) is 2.92. The van der Waals surface area contributed by atoms with E-state index in [-0.39, 0.29) is 5.91 Å². The molecule has 4 nitrogen and oxygen atoms in total. The number of carbonyl (C=O) groups excluding carboxylic acids is 1. The molecule has 3 N–H and O–H groups in total. The number of rotatable bonds is 4. The molecule has 1 saturated heterocycles. The van der Waals surface area contributed by atoms with Gasteiger partial charge in [-0.2, -0.15) is 0 Å². The molecule has 24 heavy (non-hydrogen) atoms. The first kappa shape index (κ1) is 16.5. The van der Waals surface area contributed by atoms with E-state index >= 15 is 0 Å². The van der Waals surface area contributed by atoms with Gasteiger partial charge in [0, 0.05) is 23.5 Å². The van der Waals surface area contributed by atoms with Crippen molar-refractivity contribution in [2.75, 3.05) is 24.1 Å². The number of hydrogen-bond acceptors (Lipinski definition) is 3. The van der Waals surface area contributed by atoms with Crippen LogP contribution in [0.4, 0.5) is 11.4 Å². The van der Waals surface area contributed by atoms with Gasteiger partial charge >= 0.3 is 0 Å². The Morgan fingerprint density at radius 1 is 1.00 bits per heavy atom. The van der Waals surface area contributed by atoms with Crippen LogP contribution in [0.25, 0.3) is 0 Å². The van der Waals surface area contributed by atoms with Crippen molar-refractivity contribution in [2.24, 2.45) is 0 Å². The molecule has 0 saturated carbocycles. The number of hydrogen-bond donors (Lipinski definition) is 2. The molecule has 126 valence electrons. The van der Waals surface area contributed by atoms with E-state index in [1.807, 2.05) is 12.1 Å². The molecule has 1 aliphatic heterocycles. The van der Waals surface area contributed by atoms with Gasteiger partial charge in [0.1, 0.15) is 0 Å². The molecule has 1 amide bonds. The zero-order valence-corrected chi connectivity index (χ0v) is 14.0. The van der Waals surface area contributed by atoms with Gasteiger partial charge < -0.3 is 11.1 Å². The molecule has 0 aliphatic carbocycles. The fourth-order valence-electron chi connectivity index (χ4n) is 3.13. The predicted molar refractivity (Wildman–Crippen MR) is 99.0 cm³/mol. The second-order valence-corrected chi connectivity index (χ2v) is 6.47. The van der Waals surface area contributed by atoms with Gasteiger partial charge in [-0.15, -0.1) is 0 Å². The Bertz CT molecular complexity index is 674. The van der Waals surface area contributed by atoms with E-state index in [0.717, 1.165) is 12.2 Å². The highest BCUT2D eigenvalue weighted by Gasteiger charge is 2.10. The number of nitrogens with zero attached hydrogens (tertiary/aromatic N) is 1. The van der Waals surface area contributed by atoms with Crippen LogP contribution in [0.2, 0.25) is 0 Å². The third kappa shape index (κ3) is 4.59. The topological polar surface area (TPSA) is 58.4 Å². The number of likely N-dealkylation sites (tertiary alicyclic amines) is 1. The molecule has 0 unspecified atom stereocenters. The lowest BCUT2D eigenvalue weighted by molar-refractivity contribution is 0.102. The molecule has 3 rings (SSSR count). The second kappa shape index (κ2) is 7.97. The van der Waals surface area contributed by atoms with Gasteiger partial charge in [-0.25, -0.2) is 0 Å². The molecule has 2 aromatic carbocycles. The Labute approximate surface area is 143 Å². The smallest absolute Gasteiger partial charge is 0.255 e. The first-order chi connectivity index (χ1) is 11.7. The summed E-state index contributed by atoms with van der Waals surface area (Å²) in [4.78, 5) is 14.8. The third-order valence-electron chi connectivity index (χ3n) is 4.47. The van der Waals surface area contributed by atoms with Crippen molar-refractivity contribution < 1.29 is 4.79 Å².